The van der Waals surface area contributed by atoms with E-state index in [9.17, 15) is 14.7 Å². The molecule has 1 fully saturated rings. The van der Waals surface area contributed by atoms with Crippen LogP contribution >= 0.6 is 15.9 Å². The number of hydrogen-bond donors (Lipinski definition) is 1. The van der Waals surface area contributed by atoms with Crippen molar-refractivity contribution < 1.29 is 14.7 Å². The monoisotopic (exact) mass is 397 g/mol. The fourth-order valence-corrected chi connectivity index (χ4v) is 3.22. The third-order valence-corrected chi connectivity index (χ3v) is 4.63. The van der Waals surface area contributed by atoms with Gasteiger partial charge in [0.1, 0.15) is 5.76 Å². The number of nitrogens with zero attached hydrogens (tertiary/aromatic N) is 1. The van der Waals surface area contributed by atoms with Crippen LogP contribution in [0.4, 0.5) is 0 Å². The Hall–Kier alpha value is -2.66. The highest BCUT2D eigenvalue weighted by molar-refractivity contribution is 9.10. The van der Waals surface area contributed by atoms with Gasteiger partial charge in [0.05, 0.1) is 11.6 Å². The molecule has 3 rings (SSSR count). The number of benzene rings is 2. The second-order valence-corrected chi connectivity index (χ2v) is 6.57. The van der Waals surface area contributed by atoms with Gasteiger partial charge < -0.3 is 10.0 Å². The number of amides is 1. The van der Waals surface area contributed by atoms with E-state index in [2.05, 4.69) is 22.5 Å². The number of carbonyl (C=O) groups excluding carboxylic acids is 2. The van der Waals surface area contributed by atoms with E-state index in [0.29, 0.717) is 5.56 Å². The minimum absolute atomic E-state index is 0.0976. The Balaban J connectivity index is 2.19. The molecular weight excluding hydrogens is 382 g/mol. The summed E-state index contributed by atoms with van der Waals surface area (Å²) in [7, 11) is 0. The lowest BCUT2D eigenvalue weighted by atomic mass is 9.95. The van der Waals surface area contributed by atoms with Gasteiger partial charge >= 0.3 is 0 Å². The van der Waals surface area contributed by atoms with E-state index in [1.165, 1.54) is 4.90 Å². The molecule has 0 saturated carbocycles. The molecule has 1 atom stereocenters. The third-order valence-electron chi connectivity index (χ3n) is 4.10. The molecule has 5 heteroatoms. The summed E-state index contributed by atoms with van der Waals surface area (Å²) in [6.07, 6.45) is 1.57. The lowest BCUT2D eigenvalue weighted by molar-refractivity contribution is -0.139. The number of Topliss-reactive ketones (excluding diaryl/α,β-unsaturated/α-hetero) is 1. The van der Waals surface area contributed by atoms with Crippen LogP contribution in [0.5, 0.6) is 0 Å². The molecule has 0 radical (unpaired) electrons. The van der Waals surface area contributed by atoms with Crippen LogP contribution in [-0.4, -0.2) is 28.2 Å². The van der Waals surface area contributed by atoms with Crippen LogP contribution in [-0.2, 0) is 9.59 Å². The summed E-state index contributed by atoms with van der Waals surface area (Å²) < 4.78 is 0.857. The Kier molecular flexibility index (Phi) is 4.86. The Morgan fingerprint density at radius 1 is 1.12 bits per heavy atom. The molecule has 1 aliphatic rings. The highest BCUT2D eigenvalue weighted by Crippen LogP contribution is 2.39. The zero-order valence-electron chi connectivity index (χ0n) is 13.4. The molecule has 1 amide bonds. The van der Waals surface area contributed by atoms with E-state index in [1.807, 2.05) is 30.3 Å². The standard InChI is InChI=1S/C20H16BrNO3/c1-2-12-22-17(13-6-4-3-5-7-13)16(19(24)20(22)25)18(23)14-8-10-15(21)11-9-14/h2-11,17,23H,1,12H2/b18-16-. The SMILES string of the molecule is C=CCN1C(=O)C(=O)/C(=C(\O)c2ccc(Br)cc2)C1c1ccccc1. The van der Waals surface area contributed by atoms with Gasteiger partial charge in [-0.05, 0) is 17.7 Å². The lowest BCUT2D eigenvalue weighted by Crippen LogP contribution is -2.29. The van der Waals surface area contributed by atoms with Crippen LogP contribution in [0, 0.1) is 0 Å². The summed E-state index contributed by atoms with van der Waals surface area (Å²) in [4.78, 5) is 26.5. The summed E-state index contributed by atoms with van der Waals surface area (Å²) in [6, 6.07) is 15.5. The number of carbonyl (C=O) groups is 2. The average Bonchev–Trinajstić information content (AvgIpc) is 2.88. The van der Waals surface area contributed by atoms with Gasteiger partial charge in [-0.15, -0.1) is 6.58 Å². The van der Waals surface area contributed by atoms with Gasteiger partial charge in [-0.2, -0.15) is 0 Å². The first-order valence-electron chi connectivity index (χ1n) is 7.74. The van der Waals surface area contributed by atoms with Gasteiger partial charge in [0.25, 0.3) is 11.7 Å². The molecule has 1 unspecified atom stereocenters. The number of ketones is 1. The summed E-state index contributed by atoms with van der Waals surface area (Å²) in [5.74, 6) is -1.49. The van der Waals surface area contributed by atoms with Gasteiger partial charge in [0.2, 0.25) is 0 Å². The molecule has 2 aromatic carbocycles. The number of hydrogen-bond acceptors (Lipinski definition) is 3. The smallest absolute Gasteiger partial charge is 0.295 e. The normalized spacial score (nSPS) is 19.2. The minimum atomic E-state index is -0.684. The lowest BCUT2D eigenvalue weighted by Gasteiger charge is -2.24. The summed E-state index contributed by atoms with van der Waals surface area (Å²) in [6.45, 7) is 3.88. The Morgan fingerprint density at radius 2 is 1.76 bits per heavy atom. The summed E-state index contributed by atoms with van der Waals surface area (Å²) >= 11 is 3.34. The molecule has 25 heavy (non-hydrogen) atoms. The predicted octanol–water partition coefficient (Wildman–Crippen LogP) is 4.06. The molecule has 0 bridgehead atoms. The van der Waals surface area contributed by atoms with Crippen LogP contribution < -0.4 is 0 Å². The van der Waals surface area contributed by atoms with Crippen LogP contribution in [0.2, 0.25) is 0 Å². The van der Waals surface area contributed by atoms with Crippen molar-refractivity contribution >= 4 is 33.4 Å². The highest BCUT2D eigenvalue weighted by Gasteiger charge is 2.45. The molecule has 0 aliphatic carbocycles. The molecule has 2 aromatic rings. The number of likely N-dealkylation sites (tertiary alicyclic amines) is 1. The maximum Gasteiger partial charge on any atom is 0.295 e. The molecule has 1 saturated heterocycles. The van der Waals surface area contributed by atoms with Gasteiger partial charge in [-0.1, -0.05) is 64.5 Å². The first kappa shape index (κ1) is 17.2. The van der Waals surface area contributed by atoms with Crippen molar-refractivity contribution in [2.45, 2.75) is 6.04 Å². The fraction of sp³-hybridized carbons (Fsp3) is 0.100. The zero-order valence-corrected chi connectivity index (χ0v) is 14.9. The van der Waals surface area contributed by atoms with Gasteiger partial charge in [-0.3, -0.25) is 9.59 Å². The van der Waals surface area contributed by atoms with Crippen molar-refractivity contribution in [1.82, 2.24) is 4.90 Å². The minimum Gasteiger partial charge on any atom is -0.507 e. The van der Waals surface area contributed by atoms with Crippen LogP contribution in [0.3, 0.4) is 0 Å². The second kappa shape index (κ2) is 7.07. The predicted molar refractivity (Wildman–Crippen MR) is 99.8 cm³/mol. The summed E-state index contributed by atoms with van der Waals surface area (Å²) in [5, 5.41) is 10.8. The molecule has 0 aromatic heterocycles. The molecule has 1 aliphatic heterocycles. The van der Waals surface area contributed by atoms with E-state index >= 15 is 0 Å². The number of aliphatic hydroxyl groups excluding tert-OH is 1. The van der Waals surface area contributed by atoms with Gasteiger partial charge in [0.15, 0.2) is 0 Å². The average molecular weight is 398 g/mol. The molecule has 0 spiro atoms. The van der Waals surface area contributed by atoms with Crippen molar-refractivity contribution in [3.63, 3.8) is 0 Å². The van der Waals surface area contributed by atoms with E-state index in [-0.39, 0.29) is 17.9 Å². The molecular formula is C20H16BrNO3. The van der Waals surface area contributed by atoms with Gasteiger partial charge in [0, 0.05) is 16.6 Å². The first-order chi connectivity index (χ1) is 12.0. The number of halogens is 1. The highest BCUT2D eigenvalue weighted by atomic mass is 79.9. The van der Waals surface area contributed by atoms with Crippen molar-refractivity contribution in [1.29, 1.82) is 0 Å². The Morgan fingerprint density at radius 3 is 2.36 bits per heavy atom. The van der Waals surface area contributed by atoms with Crippen molar-refractivity contribution in [2.75, 3.05) is 6.54 Å². The fourth-order valence-electron chi connectivity index (χ4n) is 2.95. The largest absolute Gasteiger partial charge is 0.507 e. The first-order valence-corrected chi connectivity index (χ1v) is 8.54. The van der Waals surface area contributed by atoms with Crippen LogP contribution in [0.15, 0.2) is 77.3 Å². The molecule has 126 valence electrons. The molecule has 1 N–H and O–H groups in total. The molecule has 1 heterocycles. The van der Waals surface area contributed by atoms with Crippen molar-refractivity contribution in [2.24, 2.45) is 0 Å². The van der Waals surface area contributed by atoms with E-state index < -0.39 is 17.7 Å². The van der Waals surface area contributed by atoms with Crippen LogP contribution in [0.1, 0.15) is 17.2 Å². The topological polar surface area (TPSA) is 57.6 Å². The maximum absolute atomic E-state index is 12.6. The third kappa shape index (κ3) is 3.15. The van der Waals surface area contributed by atoms with Crippen molar-refractivity contribution in [3.8, 4) is 0 Å². The van der Waals surface area contributed by atoms with Crippen LogP contribution in [0.25, 0.3) is 5.76 Å². The Bertz CT molecular complexity index is 856. The zero-order chi connectivity index (χ0) is 18.0. The Labute approximate surface area is 154 Å². The van der Waals surface area contributed by atoms with E-state index in [1.54, 1.807) is 30.3 Å². The summed E-state index contributed by atoms with van der Waals surface area (Å²) in [5.41, 5.74) is 1.35. The van der Waals surface area contributed by atoms with E-state index in [0.717, 1.165) is 10.0 Å². The number of aliphatic hydroxyl groups is 1. The quantitative estimate of drug-likeness (QED) is 0.366. The molecule has 4 nitrogen and oxygen atoms in total. The maximum atomic E-state index is 12.6. The number of rotatable bonds is 4. The van der Waals surface area contributed by atoms with Gasteiger partial charge in [-0.25, -0.2) is 0 Å². The van der Waals surface area contributed by atoms with Crippen molar-refractivity contribution in [3.05, 3.63) is 88.4 Å². The van der Waals surface area contributed by atoms with E-state index in [4.69, 9.17) is 0 Å². The second-order valence-electron chi connectivity index (χ2n) is 5.66.